The number of carbonyl (C=O) groups is 1. The van der Waals surface area contributed by atoms with Crippen LogP contribution in [0, 0.1) is 29.6 Å². The monoisotopic (exact) mass is 269 g/mol. The van der Waals surface area contributed by atoms with Crippen LogP contribution in [0.1, 0.15) is 48.0 Å². The molecule has 0 spiro atoms. The Morgan fingerprint density at radius 3 is 2.00 bits per heavy atom. The summed E-state index contributed by atoms with van der Waals surface area (Å²) in [6, 6.07) is 7.97. The smallest absolute Gasteiger partial charge is 0.166 e. The molecule has 0 aromatic heterocycles. The van der Waals surface area contributed by atoms with Crippen molar-refractivity contribution in [2.75, 3.05) is 0 Å². The molecule has 0 amide bonds. The van der Waals surface area contributed by atoms with E-state index in [-0.39, 0.29) is 0 Å². The van der Waals surface area contributed by atoms with Crippen molar-refractivity contribution in [2.24, 2.45) is 35.3 Å². The van der Waals surface area contributed by atoms with Crippen LogP contribution in [-0.4, -0.2) is 5.78 Å². The molecule has 0 radical (unpaired) electrons. The van der Waals surface area contributed by atoms with Crippen molar-refractivity contribution in [3.63, 3.8) is 0 Å². The van der Waals surface area contributed by atoms with Crippen molar-refractivity contribution in [3.05, 3.63) is 35.4 Å². The molecule has 2 N–H and O–H groups in total. The molecule has 5 rings (SSSR count). The maximum absolute atomic E-state index is 12.9. The zero-order valence-corrected chi connectivity index (χ0v) is 11.9. The lowest BCUT2D eigenvalue weighted by molar-refractivity contribution is -0.0251. The van der Waals surface area contributed by atoms with Gasteiger partial charge in [0.25, 0.3) is 0 Å². The van der Waals surface area contributed by atoms with Gasteiger partial charge in [-0.3, -0.25) is 4.79 Å². The van der Waals surface area contributed by atoms with Crippen LogP contribution in [0.2, 0.25) is 0 Å². The lowest BCUT2D eigenvalue weighted by Crippen LogP contribution is -2.48. The van der Waals surface area contributed by atoms with Gasteiger partial charge in [0.15, 0.2) is 5.78 Å². The highest BCUT2D eigenvalue weighted by Gasteiger charge is 2.50. The first kappa shape index (κ1) is 12.6. The van der Waals surface area contributed by atoms with Gasteiger partial charge in [-0.25, -0.2) is 0 Å². The zero-order chi connectivity index (χ0) is 13.7. The standard InChI is InChI=1S/C18H23NO/c19-10-11-1-3-14(4-2-11)18(20)17-15-6-12-5-13(8-15)9-16(17)7-12/h1-4,12-13,15-17H,5-10,19H2. The van der Waals surface area contributed by atoms with Crippen LogP contribution in [0.4, 0.5) is 0 Å². The molecule has 1 aromatic carbocycles. The number of ketones is 1. The topological polar surface area (TPSA) is 43.1 Å². The summed E-state index contributed by atoms with van der Waals surface area (Å²) in [5.74, 6) is 3.93. The number of Topliss-reactive ketones (excluding diaryl/α,β-unsaturated/α-hetero) is 1. The number of hydrogen-bond acceptors (Lipinski definition) is 2. The van der Waals surface area contributed by atoms with Crippen molar-refractivity contribution < 1.29 is 4.79 Å². The van der Waals surface area contributed by atoms with Crippen molar-refractivity contribution in [1.29, 1.82) is 0 Å². The summed E-state index contributed by atoms with van der Waals surface area (Å²) in [6.45, 7) is 0.548. The van der Waals surface area contributed by atoms with Crippen LogP contribution in [-0.2, 0) is 6.54 Å². The lowest BCUT2D eigenvalue weighted by Gasteiger charge is -2.53. The normalized spacial score (nSPS) is 38.1. The van der Waals surface area contributed by atoms with Crippen molar-refractivity contribution in [1.82, 2.24) is 0 Å². The molecule has 0 atom stereocenters. The van der Waals surface area contributed by atoms with Gasteiger partial charge in [-0.2, -0.15) is 0 Å². The van der Waals surface area contributed by atoms with Gasteiger partial charge < -0.3 is 5.73 Å². The van der Waals surface area contributed by atoms with E-state index in [1.807, 2.05) is 24.3 Å². The molecule has 4 saturated carbocycles. The first-order chi connectivity index (χ1) is 9.74. The van der Waals surface area contributed by atoms with Gasteiger partial charge in [0.1, 0.15) is 0 Å². The molecule has 2 nitrogen and oxygen atoms in total. The van der Waals surface area contributed by atoms with E-state index in [4.69, 9.17) is 5.73 Å². The fourth-order valence-corrected chi connectivity index (χ4v) is 5.35. The third kappa shape index (κ3) is 1.93. The molecule has 0 unspecified atom stereocenters. The molecule has 1 aromatic rings. The Balaban J connectivity index is 1.58. The molecule has 4 bridgehead atoms. The van der Waals surface area contributed by atoms with Gasteiger partial charge in [-0.05, 0) is 61.3 Å². The quantitative estimate of drug-likeness (QED) is 0.855. The van der Waals surface area contributed by atoms with E-state index in [0.29, 0.717) is 30.1 Å². The van der Waals surface area contributed by atoms with Crippen LogP contribution < -0.4 is 5.73 Å². The predicted molar refractivity (Wildman–Crippen MR) is 79.2 cm³/mol. The molecule has 4 aliphatic carbocycles. The molecular weight excluding hydrogens is 246 g/mol. The summed E-state index contributed by atoms with van der Waals surface area (Å²) in [4.78, 5) is 12.9. The summed E-state index contributed by atoms with van der Waals surface area (Å²) in [5.41, 5.74) is 7.63. The van der Waals surface area contributed by atoms with Gasteiger partial charge in [0, 0.05) is 18.0 Å². The minimum Gasteiger partial charge on any atom is -0.326 e. The van der Waals surface area contributed by atoms with Crippen LogP contribution in [0.5, 0.6) is 0 Å². The summed E-state index contributed by atoms with van der Waals surface area (Å²) >= 11 is 0. The Morgan fingerprint density at radius 1 is 0.950 bits per heavy atom. The number of nitrogens with two attached hydrogens (primary N) is 1. The third-order valence-corrected chi connectivity index (χ3v) is 6.00. The van der Waals surface area contributed by atoms with E-state index >= 15 is 0 Å². The van der Waals surface area contributed by atoms with E-state index in [1.54, 1.807) is 0 Å². The summed E-state index contributed by atoms with van der Waals surface area (Å²) in [7, 11) is 0. The Hall–Kier alpha value is -1.15. The molecule has 0 aliphatic heterocycles. The summed E-state index contributed by atoms with van der Waals surface area (Å²) in [5, 5.41) is 0. The van der Waals surface area contributed by atoms with Crippen molar-refractivity contribution >= 4 is 5.78 Å². The predicted octanol–water partition coefficient (Wildman–Crippen LogP) is 3.40. The van der Waals surface area contributed by atoms with Crippen molar-refractivity contribution in [2.45, 2.75) is 38.6 Å². The van der Waals surface area contributed by atoms with Gasteiger partial charge in [0.05, 0.1) is 0 Å². The highest BCUT2D eigenvalue weighted by molar-refractivity contribution is 5.98. The molecule has 0 saturated heterocycles. The van der Waals surface area contributed by atoms with Crippen LogP contribution in [0.3, 0.4) is 0 Å². The highest BCUT2D eigenvalue weighted by atomic mass is 16.1. The molecular formula is C18H23NO. The molecule has 4 fully saturated rings. The van der Waals surface area contributed by atoms with Gasteiger partial charge in [-0.15, -0.1) is 0 Å². The zero-order valence-electron chi connectivity index (χ0n) is 11.9. The average molecular weight is 269 g/mol. The lowest BCUT2D eigenvalue weighted by atomic mass is 9.51. The Kier molecular flexibility index (Phi) is 2.95. The van der Waals surface area contributed by atoms with Gasteiger partial charge in [-0.1, -0.05) is 24.3 Å². The van der Waals surface area contributed by atoms with Gasteiger partial charge >= 0.3 is 0 Å². The Morgan fingerprint density at radius 2 is 1.50 bits per heavy atom. The minimum absolute atomic E-state index is 0.312. The summed E-state index contributed by atoms with van der Waals surface area (Å²) < 4.78 is 0. The number of benzene rings is 1. The van der Waals surface area contributed by atoms with Crippen LogP contribution in [0.15, 0.2) is 24.3 Å². The van der Waals surface area contributed by atoms with E-state index in [0.717, 1.165) is 23.0 Å². The fraction of sp³-hybridized carbons (Fsp3) is 0.611. The van der Waals surface area contributed by atoms with Crippen molar-refractivity contribution in [3.8, 4) is 0 Å². The van der Waals surface area contributed by atoms with E-state index in [9.17, 15) is 4.79 Å². The first-order valence-corrected chi connectivity index (χ1v) is 8.08. The average Bonchev–Trinajstić information content (AvgIpc) is 2.46. The number of rotatable bonds is 3. The molecule has 4 aliphatic rings. The van der Waals surface area contributed by atoms with Crippen LogP contribution in [0.25, 0.3) is 0 Å². The fourth-order valence-electron chi connectivity index (χ4n) is 5.35. The first-order valence-electron chi connectivity index (χ1n) is 8.08. The second kappa shape index (κ2) is 4.70. The highest BCUT2D eigenvalue weighted by Crippen LogP contribution is 2.57. The molecule has 20 heavy (non-hydrogen) atoms. The number of hydrogen-bond donors (Lipinski definition) is 1. The second-order valence-electron chi connectivity index (χ2n) is 7.22. The Labute approximate surface area is 120 Å². The third-order valence-electron chi connectivity index (χ3n) is 6.00. The van der Waals surface area contributed by atoms with E-state index < -0.39 is 0 Å². The molecule has 106 valence electrons. The van der Waals surface area contributed by atoms with E-state index in [2.05, 4.69) is 0 Å². The number of carbonyl (C=O) groups excluding carboxylic acids is 1. The Bertz CT molecular complexity index is 491. The maximum atomic E-state index is 12.9. The molecule has 0 heterocycles. The maximum Gasteiger partial charge on any atom is 0.166 e. The summed E-state index contributed by atoms with van der Waals surface area (Å²) in [6.07, 6.45) is 6.68. The minimum atomic E-state index is 0.312. The second-order valence-corrected chi connectivity index (χ2v) is 7.22. The largest absolute Gasteiger partial charge is 0.326 e. The van der Waals surface area contributed by atoms with Crippen LogP contribution >= 0.6 is 0 Å². The molecule has 2 heteroatoms. The van der Waals surface area contributed by atoms with Gasteiger partial charge in [0.2, 0.25) is 0 Å². The van der Waals surface area contributed by atoms with E-state index in [1.165, 1.54) is 32.1 Å². The SMILES string of the molecule is NCc1ccc(C(=O)C2C3CC4CC(C3)CC2C4)cc1.